The normalized spacial score (nSPS) is 18.7. The number of hydrogen-bond donors (Lipinski definition) is 2. The first-order chi connectivity index (χ1) is 21.0. The molecule has 238 valence electrons. The number of fused-ring (bicyclic) bond motifs is 1. The molecule has 8 nitrogen and oxygen atoms in total. The van der Waals surface area contributed by atoms with Gasteiger partial charge in [0.25, 0.3) is 0 Å². The Balaban J connectivity index is 1.70. The van der Waals surface area contributed by atoms with Crippen molar-refractivity contribution in [2.45, 2.75) is 88.7 Å². The summed E-state index contributed by atoms with van der Waals surface area (Å²) in [5.74, 6) is -0.838. The lowest BCUT2D eigenvalue weighted by Crippen LogP contribution is -2.43. The molecule has 3 aromatic rings. The van der Waals surface area contributed by atoms with Crippen LogP contribution >= 0.6 is 0 Å². The van der Waals surface area contributed by atoms with Crippen LogP contribution in [-0.2, 0) is 27.7 Å². The second-order valence-corrected chi connectivity index (χ2v) is 14.2. The molecule has 0 fully saturated rings. The molecule has 0 saturated carbocycles. The molecule has 1 aromatic heterocycles. The molecule has 0 saturated heterocycles. The number of carboxylic acids is 1. The standard InChI is InChI=1S/C35H46N2O6S/c1-5-7-20-35(21-8-6-2)24-44(41,42)31-18-15-28(37(3)4)22-30(31)33(34(35)40)25-12-16-29(17-13-25)43-23-27-11-9-10-26(36-27)14-19-32(38)39/h9-13,15-18,22,33-34,40H,5-8,14,19-21,23-24H2,1-4H3,(H,38,39)/t33-,34?/m1/s1. The number of sulfone groups is 1. The highest BCUT2D eigenvalue weighted by molar-refractivity contribution is 7.91. The number of aryl methyl sites for hydroxylation is 1. The predicted molar refractivity (Wildman–Crippen MR) is 173 cm³/mol. The van der Waals surface area contributed by atoms with Crippen molar-refractivity contribution in [3.05, 3.63) is 83.2 Å². The van der Waals surface area contributed by atoms with Crippen molar-refractivity contribution in [3.63, 3.8) is 0 Å². The van der Waals surface area contributed by atoms with Crippen LogP contribution in [-0.4, -0.2) is 55.5 Å². The summed E-state index contributed by atoms with van der Waals surface area (Å²) in [5, 5.41) is 21.3. The highest BCUT2D eigenvalue weighted by Gasteiger charge is 2.49. The van der Waals surface area contributed by atoms with Crippen molar-refractivity contribution in [2.75, 3.05) is 24.7 Å². The number of hydrogen-bond acceptors (Lipinski definition) is 7. The van der Waals surface area contributed by atoms with E-state index in [2.05, 4.69) is 18.8 Å². The Labute approximate surface area is 262 Å². The van der Waals surface area contributed by atoms with Gasteiger partial charge in [-0.05, 0) is 66.4 Å². The highest BCUT2D eigenvalue weighted by Crippen LogP contribution is 2.50. The molecule has 9 heteroatoms. The zero-order chi connectivity index (χ0) is 31.9. The van der Waals surface area contributed by atoms with E-state index in [0.717, 1.165) is 36.9 Å². The first kappa shape index (κ1) is 33.5. The molecule has 0 bridgehead atoms. The molecule has 4 rings (SSSR count). The third kappa shape index (κ3) is 7.80. The van der Waals surface area contributed by atoms with E-state index in [1.54, 1.807) is 12.1 Å². The Hall–Kier alpha value is -3.43. The molecule has 0 amide bonds. The van der Waals surface area contributed by atoms with Crippen molar-refractivity contribution < 1.29 is 28.2 Å². The Morgan fingerprint density at radius 2 is 1.66 bits per heavy atom. The SMILES string of the molecule is CCCCC1(CCCC)CS(=O)(=O)c2ccc(N(C)C)cc2[C@@H](c2ccc(OCc3cccc(CCC(=O)O)n3)cc2)C1O. The van der Waals surface area contributed by atoms with Crippen LogP contribution in [0.2, 0.25) is 0 Å². The Morgan fingerprint density at radius 1 is 1.00 bits per heavy atom. The molecular weight excluding hydrogens is 576 g/mol. The number of ether oxygens (including phenoxy) is 1. The van der Waals surface area contributed by atoms with Crippen LogP contribution in [0.5, 0.6) is 5.75 Å². The second-order valence-electron chi connectivity index (χ2n) is 12.2. The molecule has 2 atom stereocenters. The molecule has 2 aromatic carbocycles. The van der Waals surface area contributed by atoms with Gasteiger partial charge in [0, 0.05) is 43.2 Å². The van der Waals surface area contributed by atoms with Gasteiger partial charge in [-0.2, -0.15) is 0 Å². The van der Waals surface area contributed by atoms with Gasteiger partial charge in [0.05, 0.1) is 28.9 Å². The smallest absolute Gasteiger partial charge is 0.303 e. The number of aliphatic hydroxyl groups is 1. The number of aliphatic carboxylic acids is 1. The monoisotopic (exact) mass is 622 g/mol. The minimum Gasteiger partial charge on any atom is -0.487 e. The van der Waals surface area contributed by atoms with E-state index in [4.69, 9.17) is 9.84 Å². The summed E-state index contributed by atoms with van der Waals surface area (Å²) in [5.41, 5.74) is 2.98. The van der Waals surface area contributed by atoms with Gasteiger partial charge in [-0.3, -0.25) is 9.78 Å². The van der Waals surface area contributed by atoms with Crippen LogP contribution in [0.4, 0.5) is 5.69 Å². The molecule has 0 aliphatic carbocycles. The molecule has 2 heterocycles. The number of nitrogens with zero attached hydrogens (tertiary/aromatic N) is 2. The third-order valence-electron chi connectivity index (χ3n) is 8.74. The van der Waals surface area contributed by atoms with Gasteiger partial charge >= 0.3 is 5.97 Å². The van der Waals surface area contributed by atoms with E-state index < -0.39 is 33.2 Å². The summed E-state index contributed by atoms with van der Waals surface area (Å²) in [6, 6.07) is 18.5. The van der Waals surface area contributed by atoms with Crippen LogP contribution in [0, 0.1) is 5.41 Å². The van der Waals surface area contributed by atoms with Crippen LogP contribution in [0.1, 0.15) is 87.2 Å². The number of benzene rings is 2. The Morgan fingerprint density at radius 3 is 2.27 bits per heavy atom. The van der Waals surface area contributed by atoms with Gasteiger partial charge in [0.15, 0.2) is 9.84 Å². The summed E-state index contributed by atoms with van der Waals surface area (Å²) >= 11 is 0. The minimum absolute atomic E-state index is 0.0183. The van der Waals surface area contributed by atoms with Crippen LogP contribution < -0.4 is 9.64 Å². The molecule has 0 radical (unpaired) electrons. The second kappa shape index (κ2) is 14.6. The van der Waals surface area contributed by atoms with E-state index in [0.29, 0.717) is 46.9 Å². The van der Waals surface area contributed by atoms with Crippen LogP contribution in [0.3, 0.4) is 0 Å². The first-order valence-corrected chi connectivity index (χ1v) is 17.3. The zero-order valence-corrected chi connectivity index (χ0v) is 27.1. The maximum atomic E-state index is 14.0. The lowest BCUT2D eigenvalue weighted by atomic mass is 9.68. The summed E-state index contributed by atoms with van der Waals surface area (Å²) in [6.07, 6.45) is 4.32. The summed E-state index contributed by atoms with van der Waals surface area (Å²) in [7, 11) is 0.183. The van der Waals surface area contributed by atoms with Crippen molar-refractivity contribution in [2.24, 2.45) is 5.41 Å². The van der Waals surface area contributed by atoms with Gasteiger partial charge in [-0.1, -0.05) is 57.7 Å². The average Bonchev–Trinajstić information content (AvgIpc) is 3.07. The number of unbranched alkanes of at least 4 members (excludes halogenated alkanes) is 2. The van der Waals surface area contributed by atoms with E-state index in [-0.39, 0.29) is 18.8 Å². The van der Waals surface area contributed by atoms with Crippen molar-refractivity contribution in [1.82, 2.24) is 4.98 Å². The number of aromatic nitrogens is 1. The van der Waals surface area contributed by atoms with E-state index >= 15 is 0 Å². The average molecular weight is 623 g/mol. The van der Waals surface area contributed by atoms with E-state index in [1.165, 1.54) is 0 Å². The number of rotatable bonds is 14. The van der Waals surface area contributed by atoms with Crippen molar-refractivity contribution in [3.8, 4) is 5.75 Å². The Kier molecular flexibility index (Phi) is 11.1. The minimum atomic E-state index is -3.67. The molecule has 1 aliphatic heterocycles. The first-order valence-electron chi connectivity index (χ1n) is 15.6. The van der Waals surface area contributed by atoms with E-state index in [1.807, 2.05) is 67.5 Å². The largest absolute Gasteiger partial charge is 0.487 e. The maximum Gasteiger partial charge on any atom is 0.303 e. The van der Waals surface area contributed by atoms with Crippen LogP contribution in [0.15, 0.2) is 65.6 Å². The van der Waals surface area contributed by atoms with Crippen molar-refractivity contribution in [1.29, 1.82) is 0 Å². The fraction of sp³-hybridized carbons (Fsp3) is 0.486. The molecule has 1 unspecified atom stereocenters. The van der Waals surface area contributed by atoms with Gasteiger partial charge in [-0.15, -0.1) is 0 Å². The fourth-order valence-electron chi connectivity index (χ4n) is 6.30. The topological polar surface area (TPSA) is 117 Å². The number of aliphatic hydroxyl groups excluding tert-OH is 1. The van der Waals surface area contributed by atoms with Gasteiger partial charge in [0.1, 0.15) is 12.4 Å². The quantitative estimate of drug-likeness (QED) is 0.212. The molecule has 44 heavy (non-hydrogen) atoms. The lowest BCUT2D eigenvalue weighted by Gasteiger charge is -2.40. The summed E-state index contributed by atoms with van der Waals surface area (Å²) in [4.78, 5) is 17.7. The predicted octanol–water partition coefficient (Wildman–Crippen LogP) is 6.39. The summed E-state index contributed by atoms with van der Waals surface area (Å²) in [6.45, 7) is 4.42. The van der Waals surface area contributed by atoms with E-state index in [9.17, 15) is 18.3 Å². The highest BCUT2D eigenvalue weighted by atomic mass is 32.2. The third-order valence-corrected chi connectivity index (χ3v) is 10.7. The number of carboxylic acid groups (broad SMARTS) is 1. The Bertz CT molecular complexity index is 1510. The molecule has 0 spiro atoms. The number of carbonyl (C=O) groups is 1. The zero-order valence-electron chi connectivity index (χ0n) is 26.3. The number of pyridine rings is 1. The fourth-order valence-corrected chi connectivity index (χ4v) is 8.49. The van der Waals surface area contributed by atoms with Gasteiger partial charge in [-0.25, -0.2) is 8.42 Å². The molecule has 1 aliphatic rings. The van der Waals surface area contributed by atoms with Crippen molar-refractivity contribution >= 4 is 21.5 Å². The van der Waals surface area contributed by atoms with Gasteiger partial charge < -0.3 is 19.8 Å². The summed E-state index contributed by atoms with van der Waals surface area (Å²) < 4.78 is 34.1. The number of anilines is 1. The molecular formula is C35H46N2O6S. The lowest BCUT2D eigenvalue weighted by molar-refractivity contribution is -0.136. The maximum absolute atomic E-state index is 14.0. The van der Waals surface area contributed by atoms with Gasteiger partial charge in [0.2, 0.25) is 0 Å². The molecule has 2 N–H and O–H groups in total. The van der Waals surface area contributed by atoms with Crippen LogP contribution in [0.25, 0.3) is 0 Å².